The van der Waals surface area contributed by atoms with Gasteiger partial charge in [0.25, 0.3) is 0 Å². The first-order valence-corrected chi connectivity index (χ1v) is 8.24. The molecule has 1 saturated carbocycles. The average molecular weight is 338 g/mol. The number of rotatable bonds is 6. The number of nitrogens with one attached hydrogen (secondary N) is 1. The summed E-state index contributed by atoms with van der Waals surface area (Å²) in [6.07, 6.45) is 4.86. The Labute approximate surface area is 125 Å². The van der Waals surface area contributed by atoms with Gasteiger partial charge in [-0.05, 0) is 31.9 Å². The molecule has 2 aromatic rings. The molecule has 0 amide bonds. The first-order valence-electron chi connectivity index (χ1n) is 6.63. The van der Waals surface area contributed by atoms with Gasteiger partial charge in [-0.3, -0.25) is 0 Å². The second-order valence-corrected chi connectivity index (χ2v) is 6.73. The first kappa shape index (κ1) is 13.2. The summed E-state index contributed by atoms with van der Waals surface area (Å²) in [6, 6.07) is 8.95. The van der Waals surface area contributed by atoms with Gasteiger partial charge in [-0.2, -0.15) is 0 Å². The van der Waals surface area contributed by atoms with Crippen molar-refractivity contribution in [3.8, 4) is 10.6 Å². The molecule has 1 aromatic carbocycles. The third kappa shape index (κ3) is 3.61. The zero-order valence-corrected chi connectivity index (χ0v) is 13.0. The van der Waals surface area contributed by atoms with Crippen LogP contribution in [0.2, 0.25) is 0 Å². The number of halogens is 1. The predicted octanol–water partition coefficient (Wildman–Crippen LogP) is 3.65. The molecule has 0 aliphatic heterocycles. The molecule has 1 heterocycles. The quantitative estimate of drug-likeness (QED) is 0.817. The van der Waals surface area contributed by atoms with Crippen molar-refractivity contribution in [3.05, 3.63) is 33.7 Å². The maximum atomic E-state index is 4.29. The van der Waals surface area contributed by atoms with Gasteiger partial charge < -0.3 is 5.32 Å². The lowest BCUT2D eigenvalue weighted by atomic mass is 10.2. The maximum absolute atomic E-state index is 4.29. The molecule has 3 rings (SSSR count). The normalized spacial score (nSPS) is 14.8. The molecule has 1 fully saturated rings. The van der Waals surface area contributed by atoms with E-state index in [-0.39, 0.29) is 0 Å². The summed E-state index contributed by atoms with van der Waals surface area (Å²) in [5, 5.41) is 14.2. The minimum atomic E-state index is 0.797. The molecule has 0 spiro atoms. The van der Waals surface area contributed by atoms with E-state index >= 15 is 0 Å². The molecule has 0 saturated heterocycles. The van der Waals surface area contributed by atoms with Crippen LogP contribution in [0.1, 0.15) is 24.3 Å². The number of hydrogen-bond acceptors (Lipinski definition) is 4. The summed E-state index contributed by atoms with van der Waals surface area (Å²) in [5.41, 5.74) is 1.13. The van der Waals surface area contributed by atoms with E-state index in [0.717, 1.165) is 45.5 Å². The fourth-order valence-electron chi connectivity index (χ4n) is 1.93. The van der Waals surface area contributed by atoms with Gasteiger partial charge in [0.2, 0.25) is 0 Å². The molecule has 1 N–H and O–H groups in total. The molecule has 1 aliphatic carbocycles. The summed E-state index contributed by atoms with van der Waals surface area (Å²) in [5.74, 6) is 0. The van der Waals surface area contributed by atoms with E-state index in [1.165, 1.54) is 12.8 Å². The third-order valence-electron chi connectivity index (χ3n) is 3.15. The van der Waals surface area contributed by atoms with Gasteiger partial charge in [-0.1, -0.05) is 45.5 Å². The smallest absolute Gasteiger partial charge is 0.148 e. The second kappa shape index (κ2) is 6.11. The van der Waals surface area contributed by atoms with Crippen molar-refractivity contribution in [1.29, 1.82) is 0 Å². The minimum Gasteiger partial charge on any atom is -0.314 e. The van der Waals surface area contributed by atoms with E-state index in [1.807, 2.05) is 18.2 Å². The Hall–Kier alpha value is -0.780. The molecule has 0 unspecified atom stereocenters. The van der Waals surface area contributed by atoms with Crippen molar-refractivity contribution in [2.75, 3.05) is 6.54 Å². The highest BCUT2D eigenvalue weighted by Crippen LogP contribution is 2.30. The van der Waals surface area contributed by atoms with E-state index < -0.39 is 0 Å². The van der Waals surface area contributed by atoms with Crippen LogP contribution in [0.25, 0.3) is 10.6 Å². The van der Waals surface area contributed by atoms with Crippen molar-refractivity contribution in [3.63, 3.8) is 0 Å². The molecule has 0 atom stereocenters. The topological polar surface area (TPSA) is 37.8 Å². The Morgan fingerprint density at radius 3 is 2.89 bits per heavy atom. The van der Waals surface area contributed by atoms with Crippen molar-refractivity contribution in [1.82, 2.24) is 15.5 Å². The van der Waals surface area contributed by atoms with Gasteiger partial charge in [0.1, 0.15) is 10.0 Å². The molecule has 0 radical (unpaired) electrons. The van der Waals surface area contributed by atoms with Crippen LogP contribution >= 0.6 is 27.3 Å². The molecular formula is C14H16BrN3S. The summed E-state index contributed by atoms with van der Waals surface area (Å²) in [6.45, 7) is 1.09. The molecule has 3 nitrogen and oxygen atoms in total. The predicted molar refractivity (Wildman–Crippen MR) is 82.4 cm³/mol. The monoisotopic (exact) mass is 337 g/mol. The van der Waals surface area contributed by atoms with Gasteiger partial charge in [0.05, 0.1) is 0 Å². The third-order valence-corrected chi connectivity index (χ3v) is 4.86. The number of aryl methyl sites for hydroxylation is 1. The van der Waals surface area contributed by atoms with Crippen molar-refractivity contribution < 1.29 is 0 Å². The van der Waals surface area contributed by atoms with Gasteiger partial charge in [0, 0.05) is 22.5 Å². The van der Waals surface area contributed by atoms with Gasteiger partial charge in [-0.25, -0.2) is 0 Å². The highest BCUT2D eigenvalue weighted by molar-refractivity contribution is 9.10. The van der Waals surface area contributed by atoms with Crippen LogP contribution in [0.3, 0.4) is 0 Å². The molecule has 1 aliphatic rings. The van der Waals surface area contributed by atoms with Gasteiger partial charge in [0.15, 0.2) is 0 Å². The van der Waals surface area contributed by atoms with Crippen molar-refractivity contribution in [2.45, 2.75) is 31.7 Å². The molecule has 100 valence electrons. The summed E-state index contributed by atoms with van der Waals surface area (Å²) in [4.78, 5) is 0. The lowest BCUT2D eigenvalue weighted by molar-refractivity contribution is 0.643. The molecule has 1 aromatic heterocycles. The number of hydrogen-bond donors (Lipinski definition) is 1. The van der Waals surface area contributed by atoms with Gasteiger partial charge in [-0.15, -0.1) is 10.2 Å². The van der Waals surface area contributed by atoms with Crippen LogP contribution in [0, 0.1) is 0 Å². The molecule has 19 heavy (non-hydrogen) atoms. The van der Waals surface area contributed by atoms with Crippen LogP contribution in [0.15, 0.2) is 28.7 Å². The largest absolute Gasteiger partial charge is 0.314 e. The molecule has 5 heteroatoms. The molecule has 0 bridgehead atoms. The fraction of sp³-hybridized carbons (Fsp3) is 0.429. The van der Waals surface area contributed by atoms with Crippen LogP contribution in [-0.2, 0) is 6.42 Å². The zero-order valence-electron chi connectivity index (χ0n) is 10.6. The standard InChI is InChI=1S/C14H16BrN3S/c15-12-5-2-1-4-11(12)14-18-17-13(19-14)6-3-9-16-10-7-8-10/h1-2,4-5,10,16H,3,6-9H2. The Kier molecular flexibility index (Phi) is 4.25. The maximum Gasteiger partial charge on any atom is 0.148 e. The number of nitrogens with zero attached hydrogens (tertiary/aromatic N) is 2. The Balaban J connectivity index is 1.57. The Bertz CT molecular complexity index is 551. The highest BCUT2D eigenvalue weighted by Gasteiger charge is 2.19. The van der Waals surface area contributed by atoms with E-state index in [1.54, 1.807) is 11.3 Å². The summed E-state index contributed by atoms with van der Waals surface area (Å²) in [7, 11) is 0. The highest BCUT2D eigenvalue weighted by atomic mass is 79.9. The zero-order chi connectivity index (χ0) is 13.1. The second-order valence-electron chi connectivity index (χ2n) is 4.81. The van der Waals surface area contributed by atoms with E-state index in [2.05, 4.69) is 37.5 Å². The van der Waals surface area contributed by atoms with Crippen LogP contribution in [0.4, 0.5) is 0 Å². The first-order chi connectivity index (χ1) is 9.33. The van der Waals surface area contributed by atoms with Gasteiger partial charge >= 0.3 is 0 Å². The van der Waals surface area contributed by atoms with Crippen LogP contribution < -0.4 is 5.32 Å². The Morgan fingerprint density at radius 2 is 2.11 bits per heavy atom. The van der Waals surface area contributed by atoms with E-state index in [9.17, 15) is 0 Å². The van der Waals surface area contributed by atoms with Crippen LogP contribution in [0.5, 0.6) is 0 Å². The summed E-state index contributed by atoms with van der Waals surface area (Å²) < 4.78 is 1.08. The summed E-state index contributed by atoms with van der Waals surface area (Å²) >= 11 is 5.25. The minimum absolute atomic E-state index is 0.797. The number of aromatic nitrogens is 2. The SMILES string of the molecule is Brc1ccccc1-c1nnc(CCCNC2CC2)s1. The number of benzene rings is 1. The lowest BCUT2D eigenvalue weighted by Crippen LogP contribution is -2.17. The van der Waals surface area contributed by atoms with Crippen molar-refractivity contribution in [2.24, 2.45) is 0 Å². The van der Waals surface area contributed by atoms with Crippen molar-refractivity contribution >= 4 is 27.3 Å². The lowest BCUT2D eigenvalue weighted by Gasteiger charge is -1.99. The Morgan fingerprint density at radius 1 is 1.26 bits per heavy atom. The molecular weight excluding hydrogens is 322 g/mol. The fourth-order valence-corrected chi connectivity index (χ4v) is 3.46. The average Bonchev–Trinajstić information content (AvgIpc) is 3.13. The van der Waals surface area contributed by atoms with E-state index in [4.69, 9.17) is 0 Å². The van der Waals surface area contributed by atoms with E-state index in [0.29, 0.717) is 0 Å². The van der Waals surface area contributed by atoms with Crippen LogP contribution in [-0.4, -0.2) is 22.8 Å².